The summed E-state index contributed by atoms with van der Waals surface area (Å²) in [4.78, 5) is 10.8. The highest BCUT2D eigenvalue weighted by Gasteiger charge is 2.22. The maximum absolute atomic E-state index is 10.8. The van der Waals surface area contributed by atoms with Crippen LogP contribution in [-0.4, -0.2) is 23.6 Å². The molecule has 0 saturated carbocycles. The number of ether oxygens (including phenoxy) is 1. The van der Waals surface area contributed by atoms with Crippen molar-refractivity contribution < 1.29 is 14.6 Å². The van der Waals surface area contributed by atoms with Crippen LogP contribution in [0.4, 0.5) is 0 Å². The predicted molar refractivity (Wildman–Crippen MR) is 61.9 cm³/mol. The van der Waals surface area contributed by atoms with Crippen molar-refractivity contribution in [2.24, 2.45) is 5.92 Å². The van der Waals surface area contributed by atoms with E-state index in [0.29, 0.717) is 12.9 Å². The second-order valence-corrected chi connectivity index (χ2v) is 4.13. The van der Waals surface area contributed by atoms with Crippen LogP contribution in [0.2, 0.25) is 0 Å². The summed E-state index contributed by atoms with van der Waals surface area (Å²) in [5.74, 6) is 0.00553. The number of rotatable bonds is 6. The number of aldehydes is 1. The topological polar surface area (TPSA) is 46.5 Å². The van der Waals surface area contributed by atoms with Gasteiger partial charge in [0.2, 0.25) is 0 Å². The first-order valence-corrected chi connectivity index (χ1v) is 5.44. The van der Waals surface area contributed by atoms with Crippen LogP contribution in [0.1, 0.15) is 19.4 Å². The van der Waals surface area contributed by atoms with E-state index < -0.39 is 12.2 Å². The van der Waals surface area contributed by atoms with Gasteiger partial charge in [-0.15, -0.1) is 0 Å². The van der Waals surface area contributed by atoms with E-state index in [2.05, 4.69) is 0 Å². The summed E-state index contributed by atoms with van der Waals surface area (Å²) in [6, 6.07) is 9.58. The molecule has 0 aromatic heterocycles. The van der Waals surface area contributed by atoms with Crippen LogP contribution in [0, 0.1) is 5.92 Å². The molecule has 3 heteroatoms. The van der Waals surface area contributed by atoms with Crippen molar-refractivity contribution in [1.29, 1.82) is 0 Å². The zero-order valence-electron chi connectivity index (χ0n) is 9.67. The summed E-state index contributed by atoms with van der Waals surface area (Å²) < 4.78 is 5.38. The Morgan fingerprint density at radius 1 is 1.31 bits per heavy atom. The molecule has 0 unspecified atom stereocenters. The first-order valence-electron chi connectivity index (χ1n) is 5.44. The van der Waals surface area contributed by atoms with Gasteiger partial charge in [0.1, 0.15) is 6.10 Å². The van der Waals surface area contributed by atoms with Crippen LogP contribution >= 0.6 is 0 Å². The maximum Gasteiger partial charge on any atom is 0.151 e. The summed E-state index contributed by atoms with van der Waals surface area (Å²) in [7, 11) is 0. The zero-order chi connectivity index (χ0) is 12.0. The predicted octanol–water partition coefficient (Wildman–Crippen LogP) is 1.79. The molecule has 0 aliphatic heterocycles. The SMILES string of the molecule is CC(C)[C@H](O)[C@@H](C=O)OCc1ccccc1. The summed E-state index contributed by atoms with van der Waals surface area (Å²) >= 11 is 0. The number of aliphatic hydroxyl groups excluding tert-OH is 1. The lowest BCUT2D eigenvalue weighted by atomic mass is 10.0. The number of benzene rings is 1. The molecule has 0 spiro atoms. The van der Waals surface area contributed by atoms with Gasteiger partial charge in [0.05, 0.1) is 12.7 Å². The van der Waals surface area contributed by atoms with Crippen molar-refractivity contribution in [3.63, 3.8) is 0 Å². The van der Waals surface area contributed by atoms with Gasteiger partial charge >= 0.3 is 0 Å². The normalized spacial score (nSPS) is 14.8. The summed E-state index contributed by atoms with van der Waals surface area (Å²) in [6.07, 6.45) is -0.838. The molecule has 0 aliphatic rings. The van der Waals surface area contributed by atoms with E-state index in [1.165, 1.54) is 0 Å². The Bertz CT molecular complexity index is 308. The molecule has 1 aromatic rings. The largest absolute Gasteiger partial charge is 0.390 e. The minimum absolute atomic E-state index is 0.00553. The number of carbonyl (C=O) groups excluding carboxylic acids is 1. The third-order valence-corrected chi connectivity index (χ3v) is 2.44. The van der Waals surface area contributed by atoms with Gasteiger partial charge in [0.25, 0.3) is 0 Å². The van der Waals surface area contributed by atoms with Crippen molar-refractivity contribution in [2.45, 2.75) is 32.7 Å². The lowest BCUT2D eigenvalue weighted by molar-refractivity contribution is -0.129. The summed E-state index contributed by atoms with van der Waals surface area (Å²) in [6.45, 7) is 4.05. The van der Waals surface area contributed by atoms with Crippen molar-refractivity contribution in [1.82, 2.24) is 0 Å². The molecule has 0 aliphatic carbocycles. The molecule has 1 aromatic carbocycles. The first kappa shape index (κ1) is 12.9. The first-order chi connectivity index (χ1) is 7.65. The molecule has 16 heavy (non-hydrogen) atoms. The molecule has 3 nitrogen and oxygen atoms in total. The van der Waals surface area contributed by atoms with E-state index in [1.807, 2.05) is 44.2 Å². The quantitative estimate of drug-likeness (QED) is 0.746. The van der Waals surface area contributed by atoms with Crippen LogP contribution in [0.5, 0.6) is 0 Å². The third kappa shape index (κ3) is 3.76. The van der Waals surface area contributed by atoms with Crippen LogP contribution in [0.3, 0.4) is 0 Å². The molecule has 88 valence electrons. The Hall–Kier alpha value is -1.19. The van der Waals surface area contributed by atoms with Gasteiger partial charge < -0.3 is 14.6 Å². The minimum Gasteiger partial charge on any atom is -0.390 e. The van der Waals surface area contributed by atoms with E-state index in [4.69, 9.17) is 4.74 Å². The second kappa shape index (κ2) is 6.40. The molecule has 0 amide bonds. The Morgan fingerprint density at radius 2 is 1.94 bits per heavy atom. The number of carbonyl (C=O) groups is 1. The Balaban J connectivity index is 2.49. The number of aliphatic hydroxyl groups is 1. The van der Waals surface area contributed by atoms with Gasteiger partial charge in [-0.25, -0.2) is 0 Å². The molecule has 0 saturated heterocycles. The Labute approximate surface area is 96.1 Å². The molecule has 2 atom stereocenters. The average molecular weight is 222 g/mol. The van der Waals surface area contributed by atoms with Crippen molar-refractivity contribution >= 4 is 6.29 Å². The van der Waals surface area contributed by atoms with Gasteiger partial charge in [0, 0.05) is 0 Å². The van der Waals surface area contributed by atoms with E-state index in [1.54, 1.807) is 0 Å². The second-order valence-electron chi connectivity index (χ2n) is 4.13. The van der Waals surface area contributed by atoms with Gasteiger partial charge in [0.15, 0.2) is 6.29 Å². The number of hydrogen-bond donors (Lipinski definition) is 1. The fraction of sp³-hybridized carbons (Fsp3) is 0.462. The minimum atomic E-state index is -0.750. The Morgan fingerprint density at radius 3 is 2.44 bits per heavy atom. The molecular weight excluding hydrogens is 204 g/mol. The smallest absolute Gasteiger partial charge is 0.151 e. The monoisotopic (exact) mass is 222 g/mol. The standard InChI is InChI=1S/C13H18O3/c1-10(2)13(15)12(8-14)16-9-11-6-4-3-5-7-11/h3-8,10,12-13,15H,9H2,1-2H3/t12-,13+/m1/s1. The molecule has 0 radical (unpaired) electrons. The fourth-order valence-corrected chi connectivity index (χ4v) is 1.36. The van der Waals surface area contributed by atoms with Crippen molar-refractivity contribution in [2.75, 3.05) is 0 Å². The van der Waals surface area contributed by atoms with Crippen LogP contribution in [-0.2, 0) is 16.1 Å². The van der Waals surface area contributed by atoms with Gasteiger partial charge in [-0.2, -0.15) is 0 Å². The molecule has 1 N–H and O–H groups in total. The maximum atomic E-state index is 10.8. The van der Waals surface area contributed by atoms with E-state index in [-0.39, 0.29) is 5.92 Å². The Kier molecular flexibility index (Phi) is 5.15. The van der Waals surface area contributed by atoms with Gasteiger partial charge in [-0.1, -0.05) is 44.2 Å². The van der Waals surface area contributed by atoms with Gasteiger partial charge in [-0.3, -0.25) is 0 Å². The fourth-order valence-electron chi connectivity index (χ4n) is 1.36. The molecule has 1 rings (SSSR count). The van der Waals surface area contributed by atoms with Crippen molar-refractivity contribution in [3.05, 3.63) is 35.9 Å². The average Bonchev–Trinajstić information content (AvgIpc) is 2.30. The molecule has 0 heterocycles. The zero-order valence-corrected chi connectivity index (χ0v) is 9.67. The third-order valence-electron chi connectivity index (χ3n) is 2.44. The number of hydrogen-bond acceptors (Lipinski definition) is 3. The molecule has 0 bridgehead atoms. The lowest BCUT2D eigenvalue weighted by Crippen LogP contribution is -2.34. The van der Waals surface area contributed by atoms with E-state index >= 15 is 0 Å². The van der Waals surface area contributed by atoms with Crippen LogP contribution in [0.25, 0.3) is 0 Å². The van der Waals surface area contributed by atoms with Crippen LogP contribution in [0.15, 0.2) is 30.3 Å². The van der Waals surface area contributed by atoms with E-state index in [0.717, 1.165) is 5.56 Å². The molecular formula is C13H18O3. The molecule has 0 fully saturated rings. The lowest BCUT2D eigenvalue weighted by Gasteiger charge is -2.21. The van der Waals surface area contributed by atoms with Gasteiger partial charge in [-0.05, 0) is 11.5 Å². The highest BCUT2D eigenvalue weighted by Crippen LogP contribution is 2.10. The van der Waals surface area contributed by atoms with E-state index in [9.17, 15) is 9.90 Å². The van der Waals surface area contributed by atoms with Crippen LogP contribution < -0.4 is 0 Å². The summed E-state index contributed by atoms with van der Waals surface area (Å²) in [5.41, 5.74) is 0.991. The summed E-state index contributed by atoms with van der Waals surface area (Å²) in [5, 5.41) is 9.71. The highest BCUT2D eigenvalue weighted by molar-refractivity contribution is 5.57. The highest BCUT2D eigenvalue weighted by atomic mass is 16.5. The van der Waals surface area contributed by atoms with Crippen molar-refractivity contribution in [3.8, 4) is 0 Å².